The third-order valence-electron chi connectivity index (χ3n) is 3.47. The zero-order chi connectivity index (χ0) is 17.5. The number of pyridine rings is 3. The summed E-state index contributed by atoms with van der Waals surface area (Å²) in [5.74, 6) is -0.989. The SMILES string of the molecule is O=C(O)c1nccc2ccccc12.[Ir].c1ccc(-c2ccccn2)nc1. The molecule has 0 amide bonds. The Labute approximate surface area is 164 Å². The normalized spacial score (nSPS) is 9.54. The fourth-order valence-corrected chi connectivity index (χ4v) is 2.32. The Bertz CT molecular complexity index is 937. The largest absolute Gasteiger partial charge is 0.476 e. The van der Waals surface area contributed by atoms with Crippen LogP contribution in [0.1, 0.15) is 10.5 Å². The van der Waals surface area contributed by atoms with Crippen molar-refractivity contribution in [3.63, 3.8) is 0 Å². The molecule has 26 heavy (non-hydrogen) atoms. The second-order valence-corrected chi connectivity index (χ2v) is 5.12. The maximum Gasteiger partial charge on any atom is 0.355 e. The van der Waals surface area contributed by atoms with Gasteiger partial charge in [-0.05, 0) is 35.7 Å². The molecule has 0 saturated carbocycles. The van der Waals surface area contributed by atoms with Crippen LogP contribution in [0.15, 0.2) is 85.3 Å². The smallest absolute Gasteiger partial charge is 0.355 e. The van der Waals surface area contributed by atoms with E-state index in [0.717, 1.165) is 16.8 Å². The van der Waals surface area contributed by atoms with Crippen LogP contribution in [0.5, 0.6) is 0 Å². The molecule has 0 fully saturated rings. The quantitative estimate of drug-likeness (QED) is 0.431. The molecule has 0 atom stereocenters. The van der Waals surface area contributed by atoms with Gasteiger partial charge in [0.05, 0.1) is 11.4 Å². The number of aromatic carboxylic acids is 1. The number of nitrogens with zero attached hydrogens (tertiary/aromatic N) is 3. The van der Waals surface area contributed by atoms with Crippen LogP contribution in [-0.2, 0) is 20.1 Å². The first-order valence-electron chi connectivity index (χ1n) is 7.65. The molecule has 1 N–H and O–H groups in total. The molecule has 0 aliphatic rings. The number of hydrogen-bond donors (Lipinski definition) is 1. The molecule has 0 aliphatic heterocycles. The average Bonchev–Trinajstić information content (AvgIpc) is 2.69. The number of carboxylic acids is 1. The van der Waals surface area contributed by atoms with Gasteiger partial charge in [-0.25, -0.2) is 9.78 Å². The Hall–Kier alpha value is -2.95. The molecule has 131 valence electrons. The summed E-state index contributed by atoms with van der Waals surface area (Å²) in [7, 11) is 0. The first-order chi connectivity index (χ1) is 12.3. The molecule has 0 unspecified atom stereocenters. The first-order valence-corrected chi connectivity index (χ1v) is 7.65. The molecule has 5 nitrogen and oxygen atoms in total. The Morgan fingerprint density at radius 2 is 1.27 bits per heavy atom. The second kappa shape index (κ2) is 9.51. The first kappa shape index (κ1) is 19.4. The van der Waals surface area contributed by atoms with Crippen LogP contribution in [0.2, 0.25) is 0 Å². The van der Waals surface area contributed by atoms with E-state index < -0.39 is 5.97 Å². The van der Waals surface area contributed by atoms with Crippen LogP contribution < -0.4 is 0 Å². The van der Waals surface area contributed by atoms with E-state index in [9.17, 15) is 4.79 Å². The van der Waals surface area contributed by atoms with Gasteiger partial charge in [-0.3, -0.25) is 9.97 Å². The summed E-state index contributed by atoms with van der Waals surface area (Å²) in [6, 6.07) is 20.7. The van der Waals surface area contributed by atoms with Crippen LogP contribution in [0, 0.1) is 0 Å². The molecule has 3 aromatic heterocycles. The van der Waals surface area contributed by atoms with Gasteiger partial charge >= 0.3 is 5.97 Å². The number of rotatable bonds is 2. The van der Waals surface area contributed by atoms with Gasteiger partial charge in [0.2, 0.25) is 0 Å². The number of benzene rings is 1. The average molecular weight is 522 g/mol. The fourth-order valence-electron chi connectivity index (χ4n) is 2.32. The Kier molecular flexibility index (Phi) is 7.09. The van der Waals surface area contributed by atoms with E-state index in [1.165, 1.54) is 6.20 Å². The van der Waals surface area contributed by atoms with Gasteiger partial charge in [0.15, 0.2) is 5.69 Å². The molecule has 1 radical (unpaired) electrons. The summed E-state index contributed by atoms with van der Waals surface area (Å²) >= 11 is 0. The minimum absolute atomic E-state index is 0. The Morgan fingerprint density at radius 1 is 0.692 bits per heavy atom. The summed E-state index contributed by atoms with van der Waals surface area (Å²) in [6.45, 7) is 0. The molecule has 0 bridgehead atoms. The molecule has 0 spiro atoms. The van der Waals surface area contributed by atoms with Gasteiger partial charge < -0.3 is 5.11 Å². The maximum atomic E-state index is 10.8. The summed E-state index contributed by atoms with van der Waals surface area (Å²) in [6.07, 6.45) is 5.04. The van der Waals surface area contributed by atoms with Gasteiger partial charge in [0.1, 0.15) is 0 Å². The number of fused-ring (bicyclic) bond motifs is 1. The van der Waals surface area contributed by atoms with E-state index in [4.69, 9.17) is 5.11 Å². The Balaban J connectivity index is 0.000000180. The van der Waals surface area contributed by atoms with Crippen molar-refractivity contribution in [3.8, 4) is 11.4 Å². The third-order valence-corrected chi connectivity index (χ3v) is 3.47. The molecule has 4 rings (SSSR count). The molecule has 4 aromatic rings. The fraction of sp³-hybridized carbons (Fsp3) is 0. The van der Waals surface area contributed by atoms with E-state index in [-0.39, 0.29) is 25.8 Å². The topological polar surface area (TPSA) is 76.0 Å². The maximum absolute atomic E-state index is 10.8. The summed E-state index contributed by atoms with van der Waals surface area (Å²) in [5.41, 5.74) is 1.94. The Morgan fingerprint density at radius 3 is 1.81 bits per heavy atom. The van der Waals surface area contributed by atoms with E-state index in [1.54, 1.807) is 30.6 Å². The third kappa shape index (κ3) is 4.79. The monoisotopic (exact) mass is 522 g/mol. The van der Waals surface area contributed by atoms with E-state index in [0.29, 0.717) is 5.39 Å². The van der Waals surface area contributed by atoms with Crippen molar-refractivity contribution in [1.82, 2.24) is 15.0 Å². The number of hydrogen-bond acceptors (Lipinski definition) is 4. The molecule has 6 heteroatoms. The second-order valence-electron chi connectivity index (χ2n) is 5.12. The van der Waals surface area contributed by atoms with Crippen LogP contribution in [0.3, 0.4) is 0 Å². The number of carboxylic acid groups (broad SMARTS) is 1. The number of carbonyl (C=O) groups is 1. The van der Waals surface area contributed by atoms with Crippen LogP contribution >= 0.6 is 0 Å². The predicted molar refractivity (Wildman–Crippen MR) is 96.2 cm³/mol. The van der Waals surface area contributed by atoms with Crippen molar-refractivity contribution in [3.05, 3.63) is 91.0 Å². The minimum Gasteiger partial charge on any atom is -0.476 e. The zero-order valence-electron chi connectivity index (χ0n) is 13.6. The van der Waals surface area contributed by atoms with Gasteiger partial charge in [-0.15, -0.1) is 0 Å². The van der Waals surface area contributed by atoms with Crippen molar-refractivity contribution in [2.24, 2.45) is 0 Å². The van der Waals surface area contributed by atoms with E-state index in [1.807, 2.05) is 48.5 Å². The van der Waals surface area contributed by atoms with Crippen molar-refractivity contribution >= 4 is 16.7 Å². The molecule has 3 heterocycles. The summed E-state index contributed by atoms with van der Waals surface area (Å²) in [4.78, 5) is 22.9. The van der Waals surface area contributed by atoms with Gasteiger partial charge in [-0.2, -0.15) is 0 Å². The summed E-state index contributed by atoms with van der Waals surface area (Å²) < 4.78 is 0. The van der Waals surface area contributed by atoms with Gasteiger partial charge in [0.25, 0.3) is 0 Å². The van der Waals surface area contributed by atoms with Crippen molar-refractivity contribution in [2.45, 2.75) is 0 Å². The van der Waals surface area contributed by atoms with Crippen molar-refractivity contribution < 1.29 is 30.0 Å². The zero-order valence-corrected chi connectivity index (χ0v) is 16.0. The molecule has 1 aromatic carbocycles. The predicted octanol–water partition coefficient (Wildman–Crippen LogP) is 4.07. The van der Waals surface area contributed by atoms with E-state index in [2.05, 4.69) is 15.0 Å². The molecular formula is C20H15IrN3O2. The molecule has 0 saturated heterocycles. The van der Waals surface area contributed by atoms with Crippen molar-refractivity contribution in [2.75, 3.05) is 0 Å². The van der Waals surface area contributed by atoms with Crippen molar-refractivity contribution in [1.29, 1.82) is 0 Å². The molecular weight excluding hydrogens is 506 g/mol. The van der Waals surface area contributed by atoms with Gasteiger partial charge in [-0.1, -0.05) is 36.4 Å². The summed E-state index contributed by atoms with van der Waals surface area (Å²) in [5, 5.41) is 10.4. The van der Waals surface area contributed by atoms with Crippen LogP contribution in [0.4, 0.5) is 0 Å². The standard InChI is InChI=1S/C10H8N2.C10H7NO2.Ir/c1-3-7-11-9(5-1)10-6-2-4-8-12-10;12-10(13)9-8-4-2-1-3-7(8)5-6-11-9;/h1-8H;1-6H,(H,12,13);. The van der Waals surface area contributed by atoms with Gasteiger partial charge in [0, 0.05) is 44.1 Å². The molecule has 0 aliphatic carbocycles. The number of aromatic nitrogens is 3. The van der Waals surface area contributed by atoms with Crippen LogP contribution in [0.25, 0.3) is 22.2 Å². The van der Waals surface area contributed by atoms with E-state index >= 15 is 0 Å². The van der Waals surface area contributed by atoms with Crippen LogP contribution in [-0.4, -0.2) is 26.0 Å². The minimum atomic E-state index is -0.989.